The number of anilines is 2. The lowest BCUT2D eigenvalue weighted by Gasteiger charge is -2.27. The smallest absolute Gasteiger partial charge is 0.224 e. The van der Waals surface area contributed by atoms with Crippen LogP contribution in [-0.2, 0) is 11.3 Å². The molecule has 7 nitrogen and oxygen atoms in total. The van der Waals surface area contributed by atoms with Crippen molar-refractivity contribution in [3.05, 3.63) is 36.2 Å². The predicted molar refractivity (Wildman–Crippen MR) is 97.0 cm³/mol. The van der Waals surface area contributed by atoms with Crippen LogP contribution >= 0.6 is 0 Å². The maximum atomic E-state index is 5.77. The van der Waals surface area contributed by atoms with Crippen molar-refractivity contribution in [1.82, 2.24) is 15.0 Å². The SMILES string of the molecule is CC[C@H](C)Oc1cc(CNc2nccc(N3CCOCC3)n2)ccn1. The van der Waals surface area contributed by atoms with Gasteiger partial charge >= 0.3 is 0 Å². The van der Waals surface area contributed by atoms with Crippen molar-refractivity contribution in [3.63, 3.8) is 0 Å². The Labute approximate surface area is 148 Å². The van der Waals surface area contributed by atoms with Crippen molar-refractivity contribution in [2.24, 2.45) is 0 Å². The highest BCUT2D eigenvalue weighted by Gasteiger charge is 2.13. The van der Waals surface area contributed by atoms with Gasteiger partial charge in [-0.15, -0.1) is 0 Å². The first kappa shape index (κ1) is 17.4. The molecule has 1 atom stereocenters. The van der Waals surface area contributed by atoms with Crippen molar-refractivity contribution in [1.29, 1.82) is 0 Å². The van der Waals surface area contributed by atoms with Gasteiger partial charge in [0.2, 0.25) is 11.8 Å². The number of rotatable bonds is 7. The van der Waals surface area contributed by atoms with Gasteiger partial charge in [-0.2, -0.15) is 4.98 Å². The van der Waals surface area contributed by atoms with Gasteiger partial charge in [0.25, 0.3) is 0 Å². The zero-order valence-corrected chi connectivity index (χ0v) is 14.8. The highest BCUT2D eigenvalue weighted by Crippen LogP contribution is 2.16. The summed E-state index contributed by atoms with van der Waals surface area (Å²) in [5.74, 6) is 2.19. The third kappa shape index (κ3) is 5.03. The number of morpholine rings is 1. The average molecular weight is 343 g/mol. The van der Waals surface area contributed by atoms with E-state index in [1.165, 1.54) is 0 Å². The van der Waals surface area contributed by atoms with E-state index in [0.29, 0.717) is 18.4 Å². The van der Waals surface area contributed by atoms with Crippen LogP contribution in [0, 0.1) is 0 Å². The van der Waals surface area contributed by atoms with Gasteiger partial charge in [0, 0.05) is 38.1 Å². The minimum atomic E-state index is 0.157. The quantitative estimate of drug-likeness (QED) is 0.828. The third-order valence-corrected chi connectivity index (χ3v) is 4.12. The molecule has 0 saturated carbocycles. The molecule has 3 rings (SSSR count). The maximum Gasteiger partial charge on any atom is 0.224 e. The van der Waals surface area contributed by atoms with Crippen LogP contribution in [0.4, 0.5) is 11.8 Å². The number of nitrogens with one attached hydrogen (secondary N) is 1. The van der Waals surface area contributed by atoms with E-state index in [-0.39, 0.29) is 6.10 Å². The largest absolute Gasteiger partial charge is 0.475 e. The fraction of sp³-hybridized carbons (Fsp3) is 0.500. The molecular weight excluding hydrogens is 318 g/mol. The van der Waals surface area contributed by atoms with Crippen LogP contribution in [0.3, 0.4) is 0 Å². The summed E-state index contributed by atoms with van der Waals surface area (Å²) in [7, 11) is 0. The molecule has 0 aliphatic carbocycles. The topological polar surface area (TPSA) is 72.4 Å². The van der Waals surface area contributed by atoms with E-state index in [1.54, 1.807) is 12.4 Å². The van der Waals surface area contributed by atoms with Crippen LogP contribution in [0.25, 0.3) is 0 Å². The molecule has 2 aromatic rings. The Morgan fingerprint density at radius 1 is 1.24 bits per heavy atom. The molecule has 0 spiro atoms. The Morgan fingerprint density at radius 2 is 2.04 bits per heavy atom. The van der Waals surface area contributed by atoms with Gasteiger partial charge in [-0.05, 0) is 31.0 Å². The summed E-state index contributed by atoms with van der Waals surface area (Å²) in [5.41, 5.74) is 1.08. The summed E-state index contributed by atoms with van der Waals surface area (Å²) >= 11 is 0. The van der Waals surface area contributed by atoms with Crippen molar-refractivity contribution in [3.8, 4) is 5.88 Å². The lowest BCUT2D eigenvalue weighted by atomic mass is 10.2. The van der Waals surface area contributed by atoms with Gasteiger partial charge in [-0.3, -0.25) is 0 Å². The molecule has 1 N–H and O–H groups in total. The first-order valence-corrected chi connectivity index (χ1v) is 8.76. The van der Waals surface area contributed by atoms with Crippen molar-refractivity contribution >= 4 is 11.8 Å². The number of nitrogens with zero attached hydrogens (tertiary/aromatic N) is 4. The van der Waals surface area contributed by atoms with Crippen molar-refractivity contribution in [2.45, 2.75) is 32.9 Å². The molecule has 1 aliphatic heterocycles. The molecule has 7 heteroatoms. The van der Waals surface area contributed by atoms with Crippen LogP contribution in [0.5, 0.6) is 5.88 Å². The van der Waals surface area contributed by atoms with E-state index in [4.69, 9.17) is 9.47 Å². The van der Waals surface area contributed by atoms with Gasteiger partial charge in [0.05, 0.1) is 19.3 Å². The number of hydrogen-bond donors (Lipinski definition) is 1. The van der Waals surface area contributed by atoms with Crippen LogP contribution < -0.4 is 15.0 Å². The molecule has 3 heterocycles. The normalized spacial score (nSPS) is 15.7. The summed E-state index contributed by atoms with van der Waals surface area (Å²) in [6.07, 6.45) is 4.65. The molecule has 0 radical (unpaired) electrons. The van der Waals surface area contributed by atoms with Crippen LogP contribution in [-0.4, -0.2) is 47.4 Å². The summed E-state index contributed by atoms with van der Waals surface area (Å²) in [6, 6.07) is 5.84. The Hall–Kier alpha value is -2.41. The number of aromatic nitrogens is 3. The predicted octanol–water partition coefficient (Wildman–Crippen LogP) is 2.50. The molecule has 1 fully saturated rings. The number of hydrogen-bond acceptors (Lipinski definition) is 7. The van der Waals surface area contributed by atoms with Gasteiger partial charge in [0.15, 0.2) is 0 Å². The van der Waals surface area contributed by atoms with Crippen LogP contribution in [0.2, 0.25) is 0 Å². The molecular formula is C18H25N5O2. The summed E-state index contributed by atoms with van der Waals surface area (Å²) in [6.45, 7) is 7.94. The molecule has 0 aromatic carbocycles. The first-order chi connectivity index (χ1) is 12.2. The molecule has 0 bridgehead atoms. The Bertz CT molecular complexity index is 676. The van der Waals surface area contributed by atoms with E-state index in [9.17, 15) is 0 Å². The van der Waals surface area contributed by atoms with E-state index in [1.807, 2.05) is 25.1 Å². The standard InChI is InChI=1S/C18H25N5O2/c1-3-14(2)25-17-12-15(4-6-19-17)13-21-18-20-7-5-16(22-18)23-8-10-24-11-9-23/h4-7,12,14H,3,8-11,13H2,1-2H3,(H,20,21,22)/t14-/m0/s1. The molecule has 1 saturated heterocycles. The van der Waals surface area contributed by atoms with Gasteiger partial charge in [0.1, 0.15) is 5.82 Å². The zero-order valence-electron chi connectivity index (χ0n) is 14.8. The monoisotopic (exact) mass is 343 g/mol. The lowest BCUT2D eigenvalue weighted by Crippen LogP contribution is -2.36. The second-order valence-electron chi connectivity index (χ2n) is 6.03. The molecule has 2 aromatic heterocycles. The minimum Gasteiger partial charge on any atom is -0.475 e. The Kier molecular flexibility index (Phi) is 6.00. The first-order valence-electron chi connectivity index (χ1n) is 8.76. The number of pyridine rings is 1. The molecule has 0 amide bonds. The summed E-state index contributed by atoms with van der Waals surface area (Å²) < 4.78 is 11.2. The fourth-order valence-electron chi connectivity index (χ4n) is 2.50. The highest BCUT2D eigenvalue weighted by molar-refractivity contribution is 5.43. The van der Waals surface area contributed by atoms with Crippen molar-refractivity contribution in [2.75, 3.05) is 36.5 Å². The Morgan fingerprint density at radius 3 is 2.84 bits per heavy atom. The third-order valence-electron chi connectivity index (χ3n) is 4.12. The van der Waals surface area contributed by atoms with Gasteiger partial charge < -0.3 is 19.7 Å². The second-order valence-corrected chi connectivity index (χ2v) is 6.03. The van der Waals surface area contributed by atoms with Crippen LogP contribution in [0.1, 0.15) is 25.8 Å². The Balaban J connectivity index is 1.60. The van der Waals surface area contributed by atoms with Gasteiger partial charge in [-0.25, -0.2) is 9.97 Å². The number of ether oxygens (including phenoxy) is 2. The van der Waals surface area contributed by atoms with Crippen LogP contribution in [0.15, 0.2) is 30.6 Å². The molecule has 25 heavy (non-hydrogen) atoms. The van der Waals surface area contributed by atoms with Gasteiger partial charge in [-0.1, -0.05) is 6.92 Å². The second kappa shape index (κ2) is 8.62. The maximum absolute atomic E-state index is 5.77. The van der Waals surface area contributed by atoms with E-state index in [0.717, 1.165) is 44.1 Å². The molecule has 134 valence electrons. The zero-order chi connectivity index (χ0) is 17.5. The summed E-state index contributed by atoms with van der Waals surface area (Å²) in [5, 5.41) is 3.27. The highest BCUT2D eigenvalue weighted by atomic mass is 16.5. The lowest BCUT2D eigenvalue weighted by molar-refractivity contribution is 0.122. The minimum absolute atomic E-state index is 0.157. The van der Waals surface area contributed by atoms with Crippen molar-refractivity contribution < 1.29 is 9.47 Å². The fourth-order valence-corrected chi connectivity index (χ4v) is 2.50. The van der Waals surface area contributed by atoms with E-state index in [2.05, 4.69) is 32.1 Å². The van der Waals surface area contributed by atoms with E-state index < -0.39 is 0 Å². The van der Waals surface area contributed by atoms with E-state index >= 15 is 0 Å². The summed E-state index contributed by atoms with van der Waals surface area (Å²) in [4.78, 5) is 15.4. The molecule has 0 unspecified atom stereocenters. The average Bonchev–Trinajstić information content (AvgIpc) is 2.67. The molecule has 1 aliphatic rings.